The number of aryl methyl sites for hydroxylation is 1. The number of ketones is 1. The molecule has 7 heteroatoms. The van der Waals surface area contributed by atoms with E-state index in [1.165, 1.54) is 17.3 Å². The van der Waals surface area contributed by atoms with Crippen LogP contribution in [0.1, 0.15) is 29.5 Å². The molecule has 1 atom stereocenters. The summed E-state index contributed by atoms with van der Waals surface area (Å²) < 4.78 is 10.7. The third kappa shape index (κ3) is 3.25. The summed E-state index contributed by atoms with van der Waals surface area (Å²) in [4.78, 5) is 30.6. The van der Waals surface area contributed by atoms with Crippen molar-refractivity contribution in [3.63, 3.8) is 0 Å². The molecule has 0 aliphatic carbocycles. The van der Waals surface area contributed by atoms with Gasteiger partial charge in [0.25, 0.3) is 11.7 Å². The monoisotopic (exact) mass is 356 g/mol. The van der Waals surface area contributed by atoms with Gasteiger partial charge in [0.05, 0.1) is 5.57 Å². The van der Waals surface area contributed by atoms with Gasteiger partial charge in [-0.1, -0.05) is 0 Å². The normalized spacial score (nSPS) is 19.3. The highest BCUT2D eigenvalue weighted by atomic mass is 16.5. The first kappa shape index (κ1) is 17.9. The van der Waals surface area contributed by atoms with Crippen molar-refractivity contribution in [2.24, 2.45) is 0 Å². The maximum Gasteiger partial charge on any atom is 0.295 e. The molecule has 26 heavy (non-hydrogen) atoms. The molecule has 1 unspecified atom stereocenters. The molecule has 0 saturated carbocycles. The highest BCUT2D eigenvalue weighted by Gasteiger charge is 2.47. The van der Waals surface area contributed by atoms with Crippen LogP contribution in [0.2, 0.25) is 0 Å². The lowest BCUT2D eigenvalue weighted by molar-refractivity contribution is -0.140. The summed E-state index contributed by atoms with van der Waals surface area (Å²) in [6.07, 6.45) is 3.58. The molecule has 1 N–H and O–H groups in total. The van der Waals surface area contributed by atoms with Crippen LogP contribution in [0.15, 0.2) is 46.6 Å². The number of aliphatic hydroxyl groups is 1. The molecule has 0 spiro atoms. The molecule has 136 valence electrons. The predicted molar refractivity (Wildman–Crippen MR) is 93.2 cm³/mol. The number of likely N-dealkylation sites (tertiary alicyclic amines) is 1. The molecule has 1 aliphatic rings. The largest absolute Gasteiger partial charge is 0.507 e. The van der Waals surface area contributed by atoms with Crippen molar-refractivity contribution in [3.05, 3.63) is 59.3 Å². The van der Waals surface area contributed by atoms with Crippen LogP contribution < -0.4 is 0 Å². The number of pyridine rings is 1. The van der Waals surface area contributed by atoms with Crippen molar-refractivity contribution in [3.8, 4) is 0 Å². The second-order valence-corrected chi connectivity index (χ2v) is 6.02. The fourth-order valence-electron chi connectivity index (χ4n) is 3.05. The second-order valence-electron chi connectivity index (χ2n) is 6.02. The zero-order valence-electron chi connectivity index (χ0n) is 14.6. The van der Waals surface area contributed by atoms with E-state index in [0.29, 0.717) is 36.7 Å². The van der Waals surface area contributed by atoms with Crippen molar-refractivity contribution in [1.29, 1.82) is 0 Å². The Morgan fingerprint density at radius 2 is 2.00 bits per heavy atom. The maximum atomic E-state index is 12.7. The quantitative estimate of drug-likeness (QED) is 0.370. The van der Waals surface area contributed by atoms with Gasteiger partial charge in [-0.05, 0) is 37.6 Å². The van der Waals surface area contributed by atoms with Crippen molar-refractivity contribution < 1.29 is 23.8 Å². The molecule has 1 amide bonds. The number of methoxy groups -OCH3 is 1. The summed E-state index contributed by atoms with van der Waals surface area (Å²) >= 11 is 0. The van der Waals surface area contributed by atoms with Crippen molar-refractivity contribution >= 4 is 17.4 Å². The molecule has 0 radical (unpaired) electrons. The SMILES string of the molecule is COCCCN1C(=O)C(=O)/C(=C(\O)c2ccncc2)C1c1ccc(C)o1. The maximum absolute atomic E-state index is 12.7. The number of hydrogen-bond acceptors (Lipinski definition) is 6. The Balaban J connectivity index is 2.08. The highest BCUT2D eigenvalue weighted by Crippen LogP contribution is 2.39. The number of furan rings is 1. The molecular formula is C19H20N2O5. The van der Waals surface area contributed by atoms with E-state index in [0.717, 1.165) is 0 Å². The van der Waals surface area contributed by atoms with Crippen LogP contribution in [0.5, 0.6) is 0 Å². The molecule has 3 heterocycles. The number of aromatic nitrogens is 1. The van der Waals surface area contributed by atoms with Crippen molar-refractivity contribution in [1.82, 2.24) is 9.88 Å². The molecule has 2 aromatic heterocycles. The number of carbonyl (C=O) groups excluding carboxylic acids is 2. The van der Waals surface area contributed by atoms with Gasteiger partial charge in [0, 0.05) is 38.2 Å². The topological polar surface area (TPSA) is 92.9 Å². The number of ether oxygens (including phenoxy) is 1. The second kappa shape index (κ2) is 7.53. The lowest BCUT2D eigenvalue weighted by atomic mass is 10.00. The van der Waals surface area contributed by atoms with E-state index in [2.05, 4.69) is 4.98 Å². The summed E-state index contributed by atoms with van der Waals surface area (Å²) in [5.74, 6) is -0.522. The zero-order chi connectivity index (χ0) is 18.7. The molecule has 0 aromatic carbocycles. The van der Waals surface area contributed by atoms with Gasteiger partial charge < -0.3 is 19.2 Å². The van der Waals surface area contributed by atoms with Crippen LogP contribution in [0, 0.1) is 6.92 Å². The molecule has 3 rings (SSSR count). The first-order valence-electron chi connectivity index (χ1n) is 8.28. The third-order valence-electron chi connectivity index (χ3n) is 4.27. The van der Waals surface area contributed by atoms with Gasteiger partial charge in [0.1, 0.15) is 23.3 Å². The van der Waals surface area contributed by atoms with Crippen LogP contribution in [-0.4, -0.2) is 46.9 Å². The van der Waals surface area contributed by atoms with Gasteiger partial charge in [-0.15, -0.1) is 0 Å². The van der Waals surface area contributed by atoms with Crippen LogP contribution in [0.3, 0.4) is 0 Å². The Morgan fingerprint density at radius 1 is 1.27 bits per heavy atom. The summed E-state index contributed by atoms with van der Waals surface area (Å²) in [6.45, 7) is 2.55. The molecule has 1 aliphatic heterocycles. The first-order chi connectivity index (χ1) is 12.5. The van der Waals surface area contributed by atoms with Gasteiger partial charge in [0.2, 0.25) is 0 Å². The van der Waals surface area contributed by atoms with Gasteiger partial charge >= 0.3 is 0 Å². The average molecular weight is 356 g/mol. The van der Waals surface area contributed by atoms with E-state index in [-0.39, 0.29) is 11.3 Å². The number of aliphatic hydroxyl groups excluding tert-OH is 1. The van der Waals surface area contributed by atoms with Crippen molar-refractivity contribution in [2.45, 2.75) is 19.4 Å². The Morgan fingerprint density at radius 3 is 2.62 bits per heavy atom. The van der Waals surface area contributed by atoms with Gasteiger partial charge in [-0.3, -0.25) is 14.6 Å². The van der Waals surface area contributed by atoms with E-state index in [1.807, 2.05) is 0 Å². The van der Waals surface area contributed by atoms with E-state index in [4.69, 9.17) is 9.15 Å². The third-order valence-corrected chi connectivity index (χ3v) is 4.27. The minimum atomic E-state index is -0.770. The van der Waals surface area contributed by atoms with Gasteiger partial charge in [-0.25, -0.2) is 0 Å². The average Bonchev–Trinajstić information content (AvgIpc) is 3.18. The van der Waals surface area contributed by atoms with Crippen LogP contribution in [0.4, 0.5) is 0 Å². The number of nitrogens with zero attached hydrogens (tertiary/aromatic N) is 2. The van der Waals surface area contributed by atoms with Gasteiger partial charge in [-0.2, -0.15) is 0 Å². The summed E-state index contributed by atoms with van der Waals surface area (Å²) in [7, 11) is 1.57. The fourth-order valence-corrected chi connectivity index (χ4v) is 3.05. The number of Topliss-reactive ketones (excluding diaryl/α,β-unsaturated/α-hetero) is 1. The first-order valence-corrected chi connectivity index (χ1v) is 8.28. The Bertz CT molecular complexity index is 841. The minimum absolute atomic E-state index is 0.0213. The van der Waals surface area contributed by atoms with E-state index in [1.54, 1.807) is 38.3 Å². The standard InChI is InChI=1S/C19H20N2O5/c1-12-4-5-14(26-12)16-15(17(22)13-6-8-20-9-7-13)18(23)19(24)21(16)10-3-11-25-2/h4-9,16,22H,3,10-11H2,1-2H3/b17-15-. The zero-order valence-corrected chi connectivity index (χ0v) is 14.6. The highest BCUT2D eigenvalue weighted by molar-refractivity contribution is 6.46. The Kier molecular flexibility index (Phi) is 5.18. The predicted octanol–water partition coefficient (Wildman–Crippen LogP) is 2.44. The van der Waals surface area contributed by atoms with Gasteiger partial charge in [0.15, 0.2) is 0 Å². The minimum Gasteiger partial charge on any atom is -0.507 e. The number of hydrogen-bond donors (Lipinski definition) is 1. The lowest BCUT2D eigenvalue weighted by Gasteiger charge is -2.23. The molecule has 7 nitrogen and oxygen atoms in total. The molecule has 1 saturated heterocycles. The van der Waals surface area contributed by atoms with E-state index < -0.39 is 17.7 Å². The summed E-state index contributed by atoms with van der Waals surface area (Å²) in [5.41, 5.74) is 0.441. The van der Waals surface area contributed by atoms with Crippen LogP contribution in [0.25, 0.3) is 5.76 Å². The van der Waals surface area contributed by atoms with Crippen LogP contribution >= 0.6 is 0 Å². The van der Waals surface area contributed by atoms with Crippen molar-refractivity contribution in [2.75, 3.05) is 20.3 Å². The molecule has 1 fully saturated rings. The van der Waals surface area contributed by atoms with E-state index >= 15 is 0 Å². The lowest BCUT2D eigenvalue weighted by Crippen LogP contribution is -2.31. The summed E-state index contributed by atoms with van der Waals surface area (Å²) in [6, 6.07) is 5.87. The number of amides is 1. The molecule has 0 bridgehead atoms. The number of carbonyl (C=O) groups is 2. The molecular weight excluding hydrogens is 336 g/mol. The van der Waals surface area contributed by atoms with Crippen LogP contribution in [-0.2, 0) is 14.3 Å². The Hall–Kier alpha value is -2.93. The fraction of sp³-hybridized carbons (Fsp3) is 0.316. The number of rotatable bonds is 6. The van der Waals surface area contributed by atoms with E-state index in [9.17, 15) is 14.7 Å². The smallest absolute Gasteiger partial charge is 0.295 e. The Labute approximate surface area is 150 Å². The summed E-state index contributed by atoms with van der Waals surface area (Å²) in [5, 5.41) is 10.7. The molecule has 2 aromatic rings.